The maximum Gasteiger partial charge on any atom is 0.166 e. The van der Waals surface area contributed by atoms with E-state index in [1.165, 1.54) is 24.5 Å². The van der Waals surface area contributed by atoms with Crippen molar-refractivity contribution < 1.29 is 13.9 Å². The first-order valence-electron chi connectivity index (χ1n) is 4.90. The summed E-state index contributed by atoms with van der Waals surface area (Å²) in [5, 5.41) is 0. The van der Waals surface area contributed by atoms with Crippen molar-refractivity contribution in [3.05, 3.63) is 47.8 Å². The molecule has 0 aliphatic carbocycles. The summed E-state index contributed by atoms with van der Waals surface area (Å²) in [4.78, 5) is 18.3. The number of aryl methyl sites for hydroxylation is 1. The fourth-order valence-electron chi connectivity index (χ4n) is 1.23. The van der Waals surface area contributed by atoms with E-state index in [2.05, 4.69) is 9.97 Å². The summed E-state index contributed by atoms with van der Waals surface area (Å²) < 4.78 is 18.7. The monoisotopic (exact) mass is 232 g/mol. The lowest BCUT2D eigenvalue weighted by Gasteiger charge is -2.06. The maximum absolute atomic E-state index is 13.5. The summed E-state index contributed by atoms with van der Waals surface area (Å²) in [6.07, 6.45) is 3.48. The van der Waals surface area contributed by atoms with Gasteiger partial charge >= 0.3 is 0 Å². The molecule has 5 heteroatoms. The first-order chi connectivity index (χ1) is 8.19. The van der Waals surface area contributed by atoms with Crippen LogP contribution < -0.4 is 4.74 Å². The standard InChI is InChI=1S/C12H9FN2O2/c1-8-14-5-10(6-15-8)17-12-3-2-9(7-16)4-11(12)13/h2-7H,1H3. The smallest absolute Gasteiger partial charge is 0.166 e. The van der Waals surface area contributed by atoms with Gasteiger partial charge in [-0.3, -0.25) is 4.79 Å². The van der Waals surface area contributed by atoms with Crippen LogP contribution in [0.4, 0.5) is 4.39 Å². The Labute approximate surface area is 97.1 Å². The van der Waals surface area contributed by atoms with E-state index in [4.69, 9.17) is 4.74 Å². The van der Waals surface area contributed by atoms with Gasteiger partial charge in [-0.25, -0.2) is 14.4 Å². The van der Waals surface area contributed by atoms with Gasteiger partial charge < -0.3 is 4.74 Å². The summed E-state index contributed by atoms with van der Waals surface area (Å²) in [7, 11) is 0. The minimum Gasteiger partial charge on any atom is -0.451 e. The molecule has 0 amide bonds. The average Bonchev–Trinajstić information content (AvgIpc) is 2.34. The molecule has 1 aromatic carbocycles. The molecule has 0 atom stereocenters. The van der Waals surface area contributed by atoms with E-state index in [9.17, 15) is 9.18 Å². The number of hydrogen-bond donors (Lipinski definition) is 0. The summed E-state index contributed by atoms with van der Waals surface area (Å²) in [5.74, 6) is 0.376. The van der Waals surface area contributed by atoms with Crippen LogP contribution in [0.15, 0.2) is 30.6 Å². The molecule has 0 spiro atoms. The lowest BCUT2D eigenvalue weighted by Crippen LogP contribution is -1.93. The van der Waals surface area contributed by atoms with Crippen molar-refractivity contribution in [2.75, 3.05) is 0 Å². The molecule has 2 rings (SSSR count). The van der Waals surface area contributed by atoms with Crippen molar-refractivity contribution in [2.45, 2.75) is 6.92 Å². The Kier molecular flexibility index (Phi) is 3.09. The van der Waals surface area contributed by atoms with E-state index in [1.54, 1.807) is 6.92 Å². The highest BCUT2D eigenvalue weighted by Crippen LogP contribution is 2.23. The summed E-state index contributed by atoms with van der Waals surface area (Å²) in [6.45, 7) is 1.74. The predicted molar refractivity (Wildman–Crippen MR) is 58.6 cm³/mol. The second-order valence-corrected chi connectivity index (χ2v) is 3.38. The second kappa shape index (κ2) is 4.69. The van der Waals surface area contributed by atoms with Crippen molar-refractivity contribution in [1.82, 2.24) is 9.97 Å². The molecule has 17 heavy (non-hydrogen) atoms. The molecular formula is C12H9FN2O2. The fourth-order valence-corrected chi connectivity index (χ4v) is 1.23. The Bertz CT molecular complexity index is 541. The second-order valence-electron chi connectivity index (χ2n) is 3.38. The molecule has 0 unspecified atom stereocenters. The lowest BCUT2D eigenvalue weighted by atomic mass is 10.2. The molecule has 0 bridgehead atoms. The van der Waals surface area contributed by atoms with Gasteiger partial charge in [0, 0.05) is 5.56 Å². The zero-order chi connectivity index (χ0) is 12.3. The van der Waals surface area contributed by atoms with Gasteiger partial charge in [-0.1, -0.05) is 0 Å². The van der Waals surface area contributed by atoms with Gasteiger partial charge in [0.1, 0.15) is 12.1 Å². The molecule has 0 saturated heterocycles. The van der Waals surface area contributed by atoms with Gasteiger partial charge in [0.2, 0.25) is 0 Å². The van der Waals surface area contributed by atoms with Crippen molar-refractivity contribution >= 4 is 6.29 Å². The van der Waals surface area contributed by atoms with Crippen LogP contribution in [-0.2, 0) is 0 Å². The van der Waals surface area contributed by atoms with E-state index in [1.807, 2.05) is 0 Å². The molecule has 0 N–H and O–H groups in total. The SMILES string of the molecule is Cc1ncc(Oc2ccc(C=O)cc2F)cn1. The Morgan fingerprint density at radius 1 is 1.29 bits per heavy atom. The van der Waals surface area contributed by atoms with E-state index >= 15 is 0 Å². The third kappa shape index (κ3) is 2.63. The van der Waals surface area contributed by atoms with Crippen LogP contribution in [0.25, 0.3) is 0 Å². The van der Waals surface area contributed by atoms with Gasteiger partial charge in [0.05, 0.1) is 12.4 Å². The number of aldehydes is 1. The highest BCUT2D eigenvalue weighted by molar-refractivity contribution is 5.75. The van der Waals surface area contributed by atoms with E-state index < -0.39 is 5.82 Å². The molecule has 1 heterocycles. The van der Waals surface area contributed by atoms with Gasteiger partial charge in [0.25, 0.3) is 0 Å². The molecule has 0 aliphatic heterocycles. The minimum absolute atomic E-state index is 0.0306. The third-order valence-electron chi connectivity index (χ3n) is 2.08. The molecule has 86 valence electrons. The zero-order valence-electron chi connectivity index (χ0n) is 9.05. The number of hydrogen-bond acceptors (Lipinski definition) is 4. The van der Waals surface area contributed by atoms with Gasteiger partial charge in [-0.2, -0.15) is 0 Å². The number of carbonyl (C=O) groups excluding carboxylic acids is 1. The number of benzene rings is 1. The van der Waals surface area contributed by atoms with Crippen molar-refractivity contribution in [2.24, 2.45) is 0 Å². The summed E-state index contributed by atoms with van der Waals surface area (Å²) >= 11 is 0. The first-order valence-corrected chi connectivity index (χ1v) is 4.90. The number of halogens is 1. The van der Waals surface area contributed by atoms with Crippen LogP contribution in [0.1, 0.15) is 16.2 Å². The van der Waals surface area contributed by atoms with E-state index in [-0.39, 0.29) is 11.3 Å². The van der Waals surface area contributed by atoms with Crippen molar-refractivity contribution in [1.29, 1.82) is 0 Å². The molecule has 1 aromatic heterocycles. The Balaban J connectivity index is 2.24. The third-order valence-corrected chi connectivity index (χ3v) is 2.08. The lowest BCUT2D eigenvalue weighted by molar-refractivity contribution is 0.112. The number of nitrogens with zero attached hydrogens (tertiary/aromatic N) is 2. The van der Waals surface area contributed by atoms with E-state index in [0.717, 1.165) is 6.07 Å². The van der Waals surface area contributed by atoms with Crippen LogP contribution in [0.5, 0.6) is 11.5 Å². The molecule has 4 nitrogen and oxygen atoms in total. The normalized spacial score (nSPS) is 10.0. The quantitative estimate of drug-likeness (QED) is 0.763. The summed E-state index contributed by atoms with van der Waals surface area (Å²) in [6, 6.07) is 3.97. The van der Waals surface area contributed by atoms with Crippen LogP contribution in [0.2, 0.25) is 0 Å². The molecule has 0 saturated carbocycles. The maximum atomic E-state index is 13.5. The molecule has 0 fully saturated rings. The van der Waals surface area contributed by atoms with Crippen LogP contribution in [-0.4, -0.2) is 16.3 Å². The Morgan fingerprint density at radius 2 is 2.00 bits per heavy atom. The highest BCUT2D eigenvalue weighted by Gasteiger charge is 2.06. The number of carbonyl (C=O) groups is 1. The predicted octanol–water partition coefficient (Wildman–Crippen LogP) is 2.53. The van der Waals surface area contributed by atoms with Crippen LogP contribution >= 0.6 is 0 Å². The molecule has 0 radical (unpaired) electrons. The van der Waals surface area contributed by atoms with Gasteiger partial charge in [-0.05, 0) is 25.1 Å². The zero-order valence-corrected chi connectivity index (χ0v) is 9.05. The number of rotatable bonds is 3. The molecular weight excluding hydrogens is 223 g/mol. The fraction of sp³-hybridized carbons (Fsp3) is 0.0833. The topological polar surface area (TPSA) is 52.1 Å². The van der Waals surface area contributed by atoms with Crippen LogP contribution in [0.3, 0.4) is 0 Å². The van der Waals surface area contributed by atoms with Gasteiger partial charge in [0.15, 0.2) is 17.3 Å². The minimum atomic E-state index is -0.602. The summed E-state index contributed by atoms with van der Waals surface area (Å²) in [5.41, 5.74) is 0.259. The number of ether oxygens (including phenoxy) is 1. The Morgan fingerprint density at radius 3 is 2.59 bits per heavy atom. The molecule has 2 aromatic rings. The molecule has 0 aliphatic rings. The first kappa shape index (κ1) is 11.2. The van der Waals surface area contributed by atoms with Crippen molar-refractivity contribution in [3.8, 4) is 11.5 Å². The average molecular weight is 232 g/mol. The largest absolute Gasteiger partial charge is 0.451 e. The van der Waals surface area contributed by atoms with Gasteiger partial charge in [-0.15, -0.1) is 0 Å². The van der Waals surface area contributed by atoms with Crippen LogP contribution in [0, 0.1) is 12.7 Å². The highest BCUT2D eigenvalue weighted by atomic mass is 19.1. The Hall–Kier alpha value is -2.30. The van der Waals surface area contributed by atoms with Crippen molar-refractivity contribution in [3.63, 3.8) is 0 Å². The van der Waals surface area contributed by atoms with E-state index in [0.29, 0.717) is 17.9 Å². The number of aromatic nitrogens is 2.